The maximum absolute atomic E-state index is 5.80. The van der Waals surface area contributed by atoms with Crippen LogP contribution in [-0.2, 0) is 6.42 Å². The number of anilines is 1. The Morgan fingerprint density at radius 1 is 1.40 bits per heavy atom. The van der Waals surface area contributed by atoms with E-state index in [4.69, 9.17) is 4.74 Å². The van der Waals surface area contributed by atoms with Crippen LogP contribution in [0.2, 0.25) is 0 Å². The maximum atomic E-state index is 5.80. The number of ether oxygens (including phenoxy) is 1. The van der Waals surface area contributed by atoms with Crippen molar-refractivity contribution in [2.24, 2.45) is 5.92 Å². The smallest absolute Gasteiger partial charge is 0.142 e. The van der Waals surface area contributed by atoms with E-state index in [-0.39, 0.29) is 0 Å². The van der Waals surface area contributed by atoms with Gasteiger partial charge in [0.1, 0.15) is 5.75 Å². The number of para-hydroxylation sites is 1. The minimum absolute atomic E-state index is 0.574. The molecule has 0 bridgehead atoms. The molecule has 0 aromatic heterocycles. The molecule has 0 radical (unpaired) electrons. The van der Waals surface area contributed by atoms with E-state index in [2.05, 4.69) is 37.4 Å². The minimum Gasteiger partial charge on any atom is -0.491 e. The summed E-state index contributed by atoms with van der Waals surface area (Å²) in [5.41, 5.74) is 2.60. The molecule has 0 saturated heterocycles. The summed E-state index contributed by atoms with van der Waals surface area (Å²) in [7, 11) is 0. The predicted octanol–water partition coefficient (Wildman–Crippen LogP) is 3.08. The maximum Gasteiger partial charge on any atom is 0.142 e. The first-order valence-electron chi connectivity index (χ1n) is 5.76. The van der Waals surface area contributed by atoms with E-state index in [0.717, 1.165) is 18.9 Å². The standard InChI is InChI=1S/C13H19NO/c1-10(2)9-15-12-7-3-5-11-6-4-8-14-13(11)12/h3,5,7,10,14H,4,6,8-9H2,1-2H3. The fourth-order valence-electron chi connectivity index (χ4n) is 1.85. The largest absolute Gasteiger partial charge is 0.491 e. The summed E-state index contributed by atoms with van der Waals surface area (Å²) in [5.74, 6) is 1.59. The number of hydrogen-bond acceptors (Lipinski definition) is 2. The molecule has 0 unspecified atom stereocenters. The summed E-state index contributed by atoms with van der Waals surface area (Å²) >= 11 is 0. The number of rotatable bonds is 3. The predicted molar refractivity (Wildman–Crippen MR) is 63.6 cm³/mol. The van der Waals surface area contributed by atoms with Crippen molar-refractivity contribution in [2.75, 3.05) is 18.5 Å². The van der Waals surface area contributed by atoms with Gasteiger partial charge >= 0.3 is 0 Å². The second kappa shape index (κ2) is 4.56. The number of nitrogens with one attached hydrogen (secondary N) is 1. The van der Waals surface area contributed by atoms with Gasteiger partial charge in [-0.05, 0) is 30.4 Å². The van der Waals surface area contributed by atoms with Gasteiger partial charge in [0.25, 0.3) is 0 Å². The lowest BCUT2D eigenvalue weighted by Crippen LogP contribution is -2.14. The summed E-state index contributed by atoms with van der Waals surface area (Å²) < 4.78 is 5.80. The Morgan fingerprint density at radius 2 is 2.27 bits per heavy atom. The highest BCUT2D eigenvalue weighted by atomic mass is 16.5. The van der Waals surface area contributed by atoms with Gasteiger partial charge in [-0.2, -0.15) is 0 Å². The Kier molecular flexibility index (Phi) is 3.14. The second-order valence-electron chi connectivity index (χ2n) is 4.53. The first-order valence-corrected chi connectivity index (χ1v) is 5.76. The van der Waals surface area contributed by atoms with Gasteiger partial charge in [0.15, 0.2) is 0 Å². The van der Waals surface area contributed by atoms with E-state index in [1.807, 2.05) is 0 Å². The molecule has 0 amide bonds. The van der Waals surface area contributed by atoms with Gasteiger partial charge in [0, 0.05) is 6.54 Å². The topological polar surface area (TPSA) is 21.3 Å². The molecular formula is C13H19NO. The zero-order valence-corrected chi connectivity index (χ0v) is 9.55. The highest BCUT2D eigenvalue weighted by Gasteiger charge is 2.13. The molecule has 0 saturated carbocycles. The van der Waals surface area contributed by atoms with Crippen molar-refractivity contribution in [3.05, 3.63) is 23.8 Å². The first-order chi connectivity index (χ1) is 7.27. The Balaban J connectivity index is 2.16. The third-order valence-corrected chi connectivity index (χ3v) is 2.61. The number of fused-ring (bicyclic) bond motifs is 1. The molecule has 1 aromatic carbocycles. The zero-order chi connectivity index (χ0) is 10.7. The molecule has 0 spiro atoms. The molecule has 2 rings (SSSR count). The summed E-state index contributed by atoms with van der Waals surface area (Å²) in [6, 6.07) is 6.32. The van der Waals surface area contributed by atoms with Gasteiger partial charge in [-0.3, -0.25) is 0 Å². The summed E-state index contributed by atoms with van der Waals surface area (Å²) in [4.78, 5) is 0. The Bertz CT molecular complexity index is 333. The monoisotopic (exact) mass is 205 g/mol. The Morgan fingerprint density at radius 3 is 3.07 bits per heavy atom. The molecule has 1 heterocycles. The van der Waals surface area contributed by atoms with Crippen LogP contribution in [-0.4, -0.2) is 13.2 Å². The van der Waals surface area contributed by atoms with Crippen molar-refractivity contribution >= 4 is 5.69 Å². The van der Waals surface area contributed by atoms with E-state index in [0.29, 0.717) is 5.92 Å². The lowest BCUT2D eigenvalue weighted by molar-refractivity contribution is 0.272. The fraction of sp³-hybridized carbons (Fsp3) is 0.538. The van der Waals surface area contributed by atoms with Gasteiger partial charge < -0.3 is 10.1 Å². The van der Waals surface area contributed by atoms with Crippen LogP contribution in [0.15, 0.2) is 18.2 Å². The van der Waals surface area contributed by atoms with E-state index < -0.39 is 0 Å². The molecule has 2 heteroatoms. The number of hydrogen-bond donors (Lipinski definition) is 1. The van der Waals surface area contributed by atoms with Gasteiger partial charge in [0.2, 0.25) is 0 Å². The summed E-state index contributed by atoms with van der Waals surface area (Å²) in [6.07, 6.45) is 2.39. The summed E-state index contributed by atoms with van der Waals surface area (Å²) in [5, 5.41) is 3.43. The SMILES string of the molecule is CC(C)COc1cccc2c1NCCC2. The van der Waals surface area contributed by atoms with Gasteiger partial charge in [-0.1, -0.05) is 26.0 Å². The normalized spacial score (nSPS) is 14.6. The molecule has 0 aliphatic carbocycles. The van der Waals surface area contributed by atoms with Crippen molar-refractivity contribution in [1.29, 1.82) is 0 Å². The van der Waals surface area contributed by atoms with Crippen LogP contribution in [0.3, 0.4) is 0 Å². The van der Waals surface area contributed by atoms with Crippen LogP contribution in [0.25, 0.3) is 0 Å². The average molecular weight is 205 g/mol. The highest BCUT2D eigenvalue weighted by molar-refractivity contribution is 5.63. The van der Waals surface area contributed by atoms with Crippen LogP contribution in [0, 0.1) is 5.92 Å². The number of benzene rings is 1. The van der Waals surface area contributed by atoms with Crippen molar-refractivity contribution in [3.63, 3.8) is 0 Å². The molecule has 1 aliphatic heterocycles. The molecule has 1 aliphatic rings. The van der Waals surface area contributed by atoms with Crippen LogP contribution >= 0.6 is 0 Å². The van der Waals surface area contributed by atoms with Crippen LogP contribution < -0.4 is 10.1 Å². The van der Waals surface area contributed by atoms with Crippen LogP contribution in [0.1, 0.15) is 25.8 Å². The second-order valence-corrected chi connectivity index (χ2v) is 4.53. The van der Waals surface area contributed by atoms with E-state index in [1.54, 1.807) is 0 Å². The molecule has 82 valence electrons. The molecule has 15 heavy (non-hydrogen) atoms. The Hall–Kier alpha value is -1.18. The van der Waals surface area contributed by atoms with E-state index >= 15 is 0 Å². The van der Waals surface area contributed by atoms with Crippen LogP contribution in [0.4, 0.5) is 5.69 Å². The molecule has 1 aromatic rings. The highest BCUT2D eigenvalue weighted by Crippen LogP contribution is 2.32. The fourth-order valence-corrected chi connectivity index (χ4v) is 1.85. The third-order valence-electron chi connectivity index (χ3n) is 2.61. The molecule has 1 N–H and O–H groups in total. The Labute approximate surface area is 91.6 Å². The minimum atomic E-state index is 0.574. The number of aryl methyl sites for hydroxylation is 1. The van der Waals surface area contributed by atoms with E-state index in [1.165, 1.54) is 24.1 Å². The lowest BCUT2D eigenvalue weighted by Gasteiger charge is -2.21. The van der Waals surface area contributed by atoms with Crippen molar-refractivity contribution in [3.8, 4) is 5.75 Å². The van der Waals surface area contributed by atoms with Crippen LogP contribution in [0.5, 0.6) is 5.75 Å². The molecule has 2 nitrogen and oxygen atoms in total. The lowest BCUT2D eigenvalue weighted by atomic mass is 10.0. The van der Waals surface area contributed by atoms with Gasteiger partial charge in [0.05, 0.1) is 12.3 Å². The molecular weight excluding hydrogens is 186 g/mol. The molecule has 0 fully saturated rings. The van der Waals surface area contributed by atoms with Gasteiger partial charge in [-0.25, -0.2) is 0 Å². The van der Waals surface area contributed by atoms with Gasteiger partial charge in [-0.15, -0.1) is 0 Å². The van der Waals surface area contributed by atoms with E-state index in [9.17, 15) is 0 Å². The van der Waals surface area contributed by atoms with Crippen molar-refractivity contribution in [1.82, 2.24) is 0 Å². The van der Waals surface area contributed by atoms with Crippen molar-refractivity contribution in [2.45, 2.75) is 26.7 Å². The van der Waals surface area contributed by atoms with Crippen molar-refractivity contribution < 1.29 is 4.74 Å². The molecule has 0 atom stereocenters. The third kappa shape index (κ3) is 2.44. The zero-order valence-electron chi connectivity index (χ0n) is 9.55. The summed E-state index contributed by atoms with van der Waals surface area (Å²) in [6.45, 7) is 6.19. The quantitative estimate of drug-likeness (QED) is 0.818. The first kappa shape index (κ1) is 10.3. The average Bonchev–Trinajstić information content (AvgIpc) is 2.26.